The number of carbonyl (C=O) groups excluding carboxylic acids is 1. The highest BCUT2D eigenvalue weighted by atomic mass is 32.2. The van der Waals surface area contributed by atoms with Crippen LogP contribution in [0.1, 0.15) is 75.5 Å². The molecule has 0 aliphatic heterocycles. The molecule has 0 bridgehead atoms. The fourth-order valence-corrected chi connectivity index (χ4v) is 4.72. The Morgan fingerprint density at radius 1 is 1.00 bits per heavy atom. The number of aliphatic hydroxyl groups excluding tert-OH is 1. The standard InChI is InChI=1S/C25H40N2O7S/c1-2-3-4-5-6-7-15-34-19-13-11-18(12-14-19)24(21(28)9-8-10-22(29)30)35-17-20(26)25(33)27-16-23(31)32/h11-14,20-21,24,28H,2-10,15-17,26H2,1H3,(H,27,33)(H,29,30)(H,31,32)/t20-,21+,24-/m0/s1. The topological polar surface area (TPSA) is 159 Å². The van der Waals surface area contributed by atoms with Gasteiger partial charge < -0.3 is 31.1 Å². The molecule has 0 aliphatic rings. The molecular formula is C25H40N2O7S. The highest BCUT2D eigenvalue weighted by molar-refractivity contribution is 7.99. The van der Waals surface area contributed by atoms with Crippen LogP contribution in [-0.2, 0) is 14.4 Å². The maximum atomic E-state index is 12.0. The first kappa shape index (κ1) is 30.7. The average molecular weight is 513 g/mol. The number of amides is 1. The number of nitrogens with one attached hydrogen (secondary N) is 1. The molecule has 1 aromatic rings. The van der Waals surface area contributed by atoms with Crippen molar-refractivity contribution >= 4 is 29.6 Å². The van der Waals surface area contributed by atoms with Gasteiger partial charge in [-0.05, 0) is 37.0 Å². The van der Waals surface area contributed by atoms with Gasteiger partial charge in [0.2, 0.25) is 5.91 Å². The number of carbonyl (C=O) groups is 3. The van der Waals surface area contributed by atoms with E-state index in [4.69, 9.17) is 20.7 Å². The molecule has 0 saturated carbocycles. The molecule has 0 unspecified atom stereocenters. The Morgan fingerprint density at radius 2 is 1.66 bits per heavy atom. The third-order valence-electron chi connectivity index (χ3n) is 5.42. The lowest BCUT2D eigenvalue weighted by atomic mass is 10.0. The quantitative estimate of drug-likeness (QED) is 0.165. The first-order valence-corrected chi connectivity index (χ1v) is 13.3. The van der Waals surface area contributed by atoms with Gasteiger partial charge in [-0.2, -0.15) is 0 Å². The summed E-state index contributed by atoms with van der Waals surface area (Å²) in [6.07, 6.45) is 6.80. The van der Waals surface area contributed by atoms with E-state index in [2.05, 4.69) is 12.2 Å². The van der Waals surface area contributed by atoms with Crippen molar-refractivity contribution in [3.8, 4) is 5.75 Å². The van der Waals surface area contributed by atoms with E-state index in [1.54, 1.807) is 0 Å². The Morgan fingerprint density at radius 3 is 2.29 bits per heavy atom. The van der Waals surface area contributed by atoms with Gasteiger partial charge in [-0.1, -0.05) is 51.2 Å². The number of carboxylic acids is 2. The van der Waals surface area contributed by atoms with E-state index in [-0.39, 0.29) is 18.6 Å². The lowest BCUT2D eigenvalue weighted by Crippen LogP contribution is -2.44. The number of aliphatic hydroxyl groups is 1. The molecule has 1 rings (SSSR count). The average Bonchev–Trinajstić information content (AvgIpc) is 2.82. The van der Waals surface area contributed by atoms with Crippen LogP contribution >= 0.6 is 11.8 Å². The van der Waals surface area contributed by atoms with Gasteiger partial charge in [0.25, 0.3) is 0 Å². The van der Waals surface area contributed by atoms with Crippen molar-refractivity contribution in [1.82, 2.24) is 5.32 Å². The van der Waals surface area contributed by atoms with E-state index in [0.29, 0.717) is 13.0 Å². The van der Waals surface area contributed by atoms with Gasteiger partial charge in [-0.15, -0.1) is 11.8 Å². The summed E-state index contributed by atoms with van der Waals surface area (Å²) in [5, 5.41) is 30.2. The van der Waals surface area contributed by atoms with E-state index in [1.807, 2.05) is 24.3 Å². The van der Waals surface area contributed by atoms with E-state index in [9.17, 15) is 19.5 Å². The number of nitrogens with two attached hydrogens (primary N) is 1. The first-order chi connectivity index (χ1) is 16.7. The molecule has 10 heteroatoms. The van der Waals surface area contributed by atoms with Crippen molar-refractivity contribution in [3.05, 3.63) is 29.8 Å². The molecule has 0 spiro atoms. The summed E-state index contributed by atoms with van der Waals surface area (Å²) in [6.45, 7) is 2.32. The highest BCUT2D eigenvalue weighted by Gasteiger charge is 2.25. The monoisotopic (exact) mass is 512 g/mol. The van der Waals surface area contributed by atoms with E-state index >= 15 is 0 Å². The molecule has 0 aromatic heterocycles. The van der Waals surface area contributed by atoms with Gasteiger partial charge >= 0.3 is 11.9 Å². The molecule has 0 heterocycles. The van der Waals surface area contributed by atoms with Crippen LogP contribution in [0, 0.1) is 0 Å². The molecule has 0 aliphatic carbocycles. The van der Waals surface area contributed by atoms with Gasteiger partial charge in [0.15, 0.2) is 0 Å². The molecule has 0 fully saturated rings. The zero-order valence-corrected chi connectivity index (χ0v) is 21.3. The summed E-state index contributed by atoms with van der Waals surface area (Å²) in [6, 6.07) is 6.43. The Kier molecular flexibility index (Phi) is 15.8. The molecule has 1 aromatic carbocycles. The SMILES string of the molecule is CCCCCCCCOc1ccc([C@H](SC[C@H](N)C(=O)NCC(=O)O)[C@H](O)CCCC(=O)O)cc1. The summed E-state index contributed by atoms with van der Waals surface area (Å²) >= 11 is 1.28. The van der Waals surface area contributed by atoms with Crippen LogP contribution in [-0.4, -0.2) is 64.2 Å². The van der Waals surface area contributed by atoms with Crippen LogP contribution in [0.2, 0.25) is 0 Å². The second kappa shape index (κ2) is 18.0. The lowest BCUT2D eigenvalue weighted by molar-refractivity contribution is -0.138. The summed E-state index contributed by atoms with van der Waals surface area (Å²) in [5.74, 6) is -1.79. The van der Waals surface area contributed by atoms with Crippen LogP contribution in [0.4, 0.5) is 0 Å². The molecule has 35 heavy (non-hydrogen) atoms. The van der Waals surface area contributed by atoms with Crippen LogP contribution < -0.4 is 15.8 Å². The third-order valence-corrected chi connectivity index (χ3v) is 6.92. The Labute approximate surface area is 211 Å². The fourth-order valence-electron chi connectivity index (χ4n) is 3.45. The fraction of sp³-hybridized carbons (Fsp3) is 0.640. The van der Waals surface area contributed by atoms with Crippen LogP contribution in [0.5, 0.6) is 5.75 Å². The predicted molar refractivity (Wildman–Crippen MR) is 137 cm³/mol. The van der Waals surface area contributed by atoms with Gasteiger partial charge in [0.05, 0.1) is 24.0 Å². The number of hydrogen-bond donors (Lipinski definition) is 5. The Hall–Kier alpha value is -2.30. The van der Waals surface area contributed by atoms with Crippen molar-refractivity contribution in [1.29, 1.82) is 0 Å². The lowest BCUT2D eigenvalue weighted by Gasteiger charge is -2.24. The summed E-state index contributed by atoms with van der Waals surface area (Å²) in [5.41, 5.74) is 6.70. The largest absolute Gasteiger partial charge is 0.494 e. The van der Waals surface area contributed by atoms with Gasteiger partial charge in [-0.25, -0.2) is 0 Å². The normalized spacial score (nSPS) is 13.6. The highest BCUT2D eigenvalue weighted by Crippen LogP contribution is 2.35. The molecule has 198 valence electrons. The number of aliphatic carboxylic acids is 2. The Bertz CT molecular complexity index is 761. The number of unbranched alkanes of at least 4 members (excludes halogenated alkanes) is 5. The van der Waals surface area contributed by atoms with Crippen LogP contribution in [0.25, 0.3) is 0 Å². The zero-order valence-electron chi connectivity index (χ0n) is 20.5. The number of benzene rings is 1. The summed E-state index contributed by atoms with van der Waals surface area (Å²) < 4.78 is 5.82. The minimum Gasteiger partial charge on any atom is -0.494 e. The molecule has 9 nitrogen and oxygen atoms in total. The van der Waals surface area contributed by atoms with E-state index in [1.165, 1.54) is 37.4 Å². The van der Waals surface area contributed by atoms with Crippen molar-refractivity contribution in [2.45, 2.75) is 82.1 Å². The molecular weight excluding hydrogens is 472 g/mol. The minimum absolute atomic E-state index is 0.0449. The van der Waals surface area contributed by atoms with Crippen LogP contribution in [0.3, 0.4) is 0 Å². The van der Waals surface area contributed by atoms with E-state index in [0.717, 1.165) is 24.2 Å². The minimum atomic E-state index is -1.16. The molecule has 0 radical (unpaired) electrons. The number of ether oxygens (including phenoxy) is 1. The summed E-state index contributed by atoms with van der Waals surface area (Å²) in [4.78, 5) is 33.5. The van der Waals surface area contributed by atoms with Crippen molar-refractivity contribution in [2.24, 2.45) is 5.73 Å². The maximum Gasteiger partial charge on any atom is 0.322 e. The second-order valence-electron chi connectivity index (χ2n) is 8.51. The first-order valence-electron chi connectivity index (χ1n) is 12.2. The molecule has 3 atom stereocenters. The number of rotatable bonds is 20. The maximum absolute atomic E-state index is 12.0. The van der Waals surface area contributed by atoms with Crippen LogP contribution in [0.15, 0.2) is 24.3 Å². The number of carboxylic acid groups (broad SMARTS) is 2. The predicted octanol–water partition coefficient (Wildman–Crippen LogP) is 3.34. The third kappa shape index (κ3) is 14.0. The second-order valence-corrected chi connectivity index (χ2v) is 9.69. The number of hydrogen-bond acceptors (Lipinski definition) is 7. The smallest absolute Gasteiger partial charge is 0.322 e. The molecule has 0 saturated heterocycles. The van der Waals surface area contributed by atoms with Crippen molar-refractivity contribution < 1.29 is 34.4 Å². The van der Waals surface area contributed by atoms with Crippen molar-refractivity contribution in [2.75, 3.05) is 18.9 Å². The van der Waals surface area contributed by atoms with E-state index < -0.39 is 41.8 Å². The molecule has 6 N–H and O–H groups in total. The molecule has 1 amide bonds. The van der Waals surface area contributed by atoms with Crippen molar-refractivity contribution in [3.63, 3.8) is 0 Å². The van der Waals surface area contributed by atoms with Gasteiger partial charge in [0.1, 0.15) is 12.3 Å². The number of thioether (sulfide) groups is 1. The summed E-state index contributed by atoms with van der Waals surface area (Å²) in [7, 11) is 0. The Balaban J connectivity index is 2.69. The van der Waals surface area contributed by atoms with Gasteiger partial charge in [-0.3, -0.25) is 14.4 Å². The zero-order chi connectivity index (χ0) is 26.1. The van der Waals surface area contributed by atoms with Gasteiger partial charge in [0, 0.05) is 12.2 Å².